The number of rotatable bonds is 8. The predicted octanol–water partition coefficient (Wildman–Crippen LogP) is 3.36. The summed E-state index contributed by atoms with van der Waals surface area (Å²) in [6.07, 6.45) is 0. The molecule has 158 valence electrons. The van der Waals surface area contributed by atoms with Gasteiger partial charge in [-0.1, -0.05) is 24.3 Å². The topological polar surface area (TPSA) is 82.3 Å². The molecule has 0 unspecified atom stereocenters. The van der Waals surface area contributed by atoms with Crippen molar-refractivity contribution in [3.8, 4) is 0 Å². The van der Waals surface area contributed by atoms with E-state index in [0.29, 0.717) is 35.3 Å². The second kappa shape index (κ2) is 9.57. The first-order chi connectivity index (χ1) is 14.2. The zero-order valence-corrected chi connectivity index (χ0v) is 18.6. The molecule has 0 bridgehead atoms. The van der Waals surface area contributed by atoms with Gasteiger partial charge in [-0.3, -0.25) is 9.59 Å². The van der Waals surface area contributed by atoms with Crippen LogP contribution in [0, 0.1) is 0 Å². The van der Waals surface area contributed by atoms with Crippen molar-refractivity contribution in [3.63, 3.8) is 0 Å². The van der Waals surface area contributed by atoms with Gasteiger partial charge in [0, 0.05) is 42.7 Å². The SMILES string of the molecule is CNCCNc1c2c(c(NCCNC)c3sccc13)C(=O)c1ccccc1C2=O.Cl. The standard InChI is InChI=1S/C22H24N4O2S.ClH/c1-23-8-10-25-18-15-7-12-29-22(15)19(26-11-9-24-2)17-16(18)20(27)13-5-3-4-6-14(13)21(17)28;/h3-7,12,23-26H,8-11H2,1-2H3;1H. The normalized spacial score (nSPS) is 12.3. The molecule has 0 saturated heterocycles. The third-order valence-electron chi connectivity index (χ3n) is 5.14. The van der Waals surface area contributed by atoms with Crippen LogP contribution in [-0.4, -0.2) is 51.8 Å². The minimum atomic E-state index is -0.105. The number of fused-ring (bicyclic) bond motifs is 3. The molecule has 4 N–H and O–H groups in total. The predicted molar refractivity (Wildman–Crippen MR) is 127 cm³/mol. The van der Waals surface area contributed by atoms with E-state index in [9.17, 15) is 9.59 Å². The van der Waals surface area contributed by atoms with Crippen LogP contribution in [-0.2, 0) is 0 Å². The highest BCUT2D eigenvalue weighted by Crippen LogP contribution is 2.45. The molecule has 0 fully saturated rings. The van der Waals surface area contributed by atoms with Gasteiger partial charge in [0.05, 0.1) is 27.2 Å². The summed E-state index contributed by atoms with van der Waals surface area (Å²) in [6.45, 7) is 2.82. The van der Waals surface area contributed by atoms with Gasteiger partial charge in [-0.05, 0) is 25.5 Å². The van der Waals surface area contributed by atoms with Gasteiger partial charge >= 0.3 is 0 Å². The summed E-state index contributed by atoms with van der Waals surface area (Å²) in [5.74, 6) is -0.207. The van der Waals surface area contributed by atoms with Crippen molar-refractivity contribution < 1.29 is 9.59 Å². The molecule has 0 aliphatic heterocycles. The molecule has 2 aromatic carbocycles. The van der Waals surface area contributed by atoms with Crippen LogP contribution in [0.15, 0.2) is 35.7 Å². The zero-order chi connectivity index (χ0) is 20.4. The van der Waals surface area contributed by atoms with Crippen molar-refractivity contribution in [1.82, 2.24) is 10.6 Å². The summed E-state index contributed by atoms with van der Waals surface area (Å²) in [7, 11) is 3.77. The van der Waals surface area contributed by atoms with Crippen molar-refractivity contribution >= 4 is 56.8 Å². The largest absolute Gasteiger partial charge is 0.383 e. The number of halogens is 1. The highest BCUT2D eigenvalue weighted by atomic mass is 35.5. The Hall–Kier alpha value is -2.45. The van der Waals surface area contributed by atoms with Gasteiger partial charge in [0.2, 0.25) is 0 Å². The summed E-state index contributed by atoms with van der Waals surface area (Å²) >= 11 is 1.58. The molecule has 1 aliphatic rings. The maximum Gasteiger partial charge on any atom is 0.196 e. The lowest BCUT2D eigenvalue weighted by Gasteiger charge is -2.25. The third-order valence-corrected chi connectivity index (χ3v) is 6.07. The van der Waals surface area contributed by atoms with Crippen molar-refractivity contribution in [2.75, 3.05) is 50.9 Å². The first-order valence-corrected chi connectivity index (χ1v) is 10.6. The Balaban J connectivity index is 0.00000256. The van der Waals surface area contributed by atoms with Crippen LogP contribution in [0.25, 0.3) is 10.1 Å². The molecule has 1 aromatic heterocycles. The number of likely N-dealkylation sites (N-methyl/N-ethyl adjacent to an activating group) is 2. The van der Waals surface area contributed by atoms with E-state index in [1.165, 1.54) is 0 Å². The fourth-order valence-corrected chi connectivity index (χ4v) is 4.71. The first-order valence-electron chi connectivity index (χ1n) is 9.71. The van der Waals surface area contributed by atoms with Crippen LogP contribution in [0.5, 0.6) is 0 Å². The monoisotopic (exact) mass is 444 g/mol. The average Bonchev–Trinajstić information content (AvgIpc) is 3.23. The minimum Gasteiger partial charge on any atom is -0.383 e. The smallest absolute Gasteiger partial charge is 0.196 e. The maximum atomic E-state index is 13.5. The highest BCUT2D eigenvalue weighted by Gasteiger charge is 2.35. The Morgan fingerprint density at radius 3 is 1.87 bits per heavy atom. The molecule has 0 saturated carbocycles. The number of nitrogens with one attached hydrogen (secondary N) is 4. The molecule has 0 radical (unpaired) electrons. The van der Waals surface area contributed by atoms with Crippen molar-refractivity contribution in [2.24, 2.45) is 0 Å². The number of benzene rings is 2. The molecule has 1 aliphatic carbocycles. The van der Waals surface area contributed by atoms with Crippen LogP contribution in [0.2, 0.25) is 0 Å². The van der Waals surface area contributed by atoms with Crippen molar-refractivity contribution in [2.45, 2.75) is 0 Å². The number of anilines is 2. The van der Waals surface area contributed by atoms with Crippen molar-refractivity contribution in [3.05, 3.63) is 58.0 Å². The summed E-state index contributed by atoms with van der Waals surface area (Å²) in [5.41, 5.74) is 3.40. The van der Waals surface area contributed by atoms with Gasteiger partial charge in [0.25, 0.3) is 0 Å². The van der Waals surface area contributed by atoms with E-state index in [2.05, 4.69) is 21.3 Å². The fourth-order valence-electron chi connectivity index (χ4n) is 3.78. The number of hydrogen-bond acceptors (Lipinski definition) is 7. The van der Waals surface area contributed by atoms with E-state index >= 15 is 0 Å². The van der Waals surface area contributed by atoms with Gasteiger partial charge in [-0.25, -0.2) is 0 Å². The molecule has 0 spiro atoms. The maximum absolute atomic E-state index is 13.5. The number of ketones is 2. The summed E-state index contributed by atoms with van der Waals surface area (Å²) in [6, 6.07) is 9.10. The molecule has 1 heterocycles. The highest BCUT2D eigenvalue weighted by molar-refractivity contribution is 7.18. The summed E-state index contributed by atoms with van der Waals surface area (Å²) < 4.78 is 0.993. The van der Waals surface area contributed by atoms with Crippen LogP contribution < -0.4 is 21.3 Å². The number of hydrogen-bond donors (Lipinski definition) is 4. The van der Waals surface area contributed by atoms with E-state index < -0.39 is 0 Å². The lowest BCUT2D eigenvalue weighted by Crippen LogP contribution is -2.27. The number of carbonyl (C=O) groups excluding carboxylic acids is 2. The van der Waals surface area contributed by atoms with E-state index in [0.717, 1.165) is 34.6 Å². The molecule has 0 amide bonds. The Morgan fingerprint density at radius 2 is 1.30 bits per heavy atom. The summed E-state index contributed by atoms with van der Waals surface area (Å²) in [5, 5.41) is 16.0. The Bertz CT molecular complexity index is 1010. The number of thiophene rings is 1. The minimum absolute atomic E-state index is 0. The van der Waals surface area contributed by atoms with Gasteiger partial charge in [-0.15, -0.1) is 23.7 Å². The van der Waals surface area contributed by atoms with Gasteiger partial charge < -0.3 is 21.3 Å². The van der Waals surface area contributed by atoms with Crippen LogP contribution in [0.1, 0.15) is 31.8 Å². The molecule has 6 nitrogen and oxygen atoms in total. The second-order valence-electron chi connectivity index (χ2n) is 6.93. The second-order valence-corrected chi connectivity index (χ2v) is 7.84. The van der Waals surface area contributed by atoms with Gasteiger partial charge in [-0.2, -0.15) is 0 Å². The molecule has 3 aromatic rings. The molecular weight excluding hydrogens is 420 g/mol. The van der Waals surface area contributed by atoms with Gasteiger partial charge in [0.1, 0.15) is 0 Å². The number of carbonyl (C=O) groups is 2. The van der Waals surface area contributed by atoms with Crippen LogP contribution in [0.3, 0.4) is 0 Å². The van der Waals surface area contributed by atoms with E-state index in [4.69, 9.17) is 0 Å². The van der Waals surface area contributed by atoms with Gasteiger partial charge in [0.15, 0.2) is 11.6 Å². The Morgan fingerprint density at radius 1 is 0.767 bits per heavy atom. The Kier molecular flexibility index (Phi) is 7.10. The lowest BCUT2D eigenvalue weighted by atomic mass is 9.81. The lowest BCUT2D eigenvalue weighted by molar-refractivity contribution is 0.0980. The van der Waals surface area contributed by atoms with Crippen molar-refractivity contribution in [1.29, 1.82) is 0 Å². The quantitative estimate of drug-likeness (QED) is 0.246. The molecule has 30 heavy (non-hydrogen) atoms. The first kappa shape index (κ1) is 22.2. The van der Waals surface area contributed by atoms with Crippen LogP contribution in [0.4, 0.5) is 11.4 Å². The van der Waals surface area contributed by atoms with E-state index in [-0.39, 0.29) is 24.0 Å². The van der Waals surface area contributed by atoms with E-state index in [1.807, 2.05) is 25.5 Å². The fraction of sp³-hybridized carbons (Fsp3) is 0.273. The zero-order valence-electron chi connectivity index (χ0n) is 16.9. The Labute approximate surface area is 185 Å². The summed E-state index contributed by atoms with van der Waals surface area (Å²) in [4.78, 5) is 27.0. The van der Waals surface area contributed by atoms with E-state index in [1.54, 1.807) is 35.6 Å². The molecule has 4 rings (SSSR count). The third kappa shape index (κ3) is 3.70. The van der Waals surface area contributed by atoms with Crippen LogP contribution >= 0.6 is 23.7 Å². The molecule has 0 atom stereocenters. The molecular formula is C22H25ClN4O2S. The molecule has 8 heteroatoms. The average molecular weight is 445 g/mol.